The summed E-state index contributed by atoms with van der Waals surface area (Å²) in [4.78, 5) is 0. The van der Waals surface area contributed by atoms with Crippen LogP contribution in [0.5, 0.6) is 5.75 Å². The van der Waals surface area contributed by atoms with Crippen LogP contribution in [0, 0.1) is 11.7 Å². The number of halogens is 2. The molecular formula is C12H17BrFNO2. The second-order valence-electron chi connectivity index (χ2n) is 4.12. The van der Waals surface area contributed by atoms with Crippen molar-refractivity contribution in [2.24, 2.45) is 5.92 Å². The maximum atomic E-state index is 13.2. The van der Waals surface area contributed by atoms with Crippen LogP contribution in [0.4, 0.5) is 10.1 Å². The number of rotatable bonds is 6. The van der Waals surface area contributed by atoms with Crippen LogP contribution in [0.3, 0.4) is 0 Å². The molecule has 1 rings (SSSR count). The molecule has 0 amide bonds. The van der Waals surface area contributed by atoms with Gasteiger partial charge in [0.25, 0.3) is 0 Å². The Morgan fingerprint density at radius 3 is 2.71 bits per heavy atom. The van der Waals surface area contributed by atoms with Gasteiger partial charge in [-0.05, 0) is 27.9 Å². The van der Waals surface area contributed by atoms with Crippen LogP contribution in [-0.4, -0.2) is 19.8 Å². The van der Waals surface area contributed by atoms with Gasteiger partial charge in [0.15, 0.2) is 0 Å². The number of nitrogen functional groups attached to an aromatic ring is 1. The SMILES string of the molecule is CC(C)COCCOc1cc(F)c(Br)cc1N. The summed E-state index contributed by atoms with van der Waals surface area (Å²) in [5, 5.41) is 0. The number of anilines is 1. The molecule has 0 aliphatic rings. The Bertz CT molecular complexity index is 372. The molecule has 1 aromatic rings. The van der Waals surface area contributed by atoms with Crippen molar-refractivity contribution in [3.8, 4) is 5.75 Å². The molecule has 96 valence electrons. The van der Waals surface area contributed by atoms with E-state index in [1.807, 2.05) is 0 Å². The quantitative estimate of drug-likeness (QED) is 0.648. The molecule has 0 atom stereocenters. The summed E-state index contributed by atoms with van der Waals surface area (Å²) in [6.45, 7) is 5.66. The van der Waals surface area contributed by atoms with Crippen molar-refractivity contribution in [1.82, 2.24) is 0 Å². The van der Waals surface area contributed by atoms with Crippen LogP contribution in [-0.2, 0) is 4.74 Å². The van der Waals surface area contributed by atoms with Gasteiger partial charge in [-0.15, -0.1) is 0 Å². The molecule has 0 aromatic heterocycles. The molecule has 0 spiro atoms. The third-order valence-corrected chi connectivity index (χ3v) is 2.60. The molecule has 3 nitrogen and oxygen atoms in total. The summed E-state index contributed by atoms with van der Waals surface area (Å²) in [5.74, 6) is 0.446. The molecule has 0 fully saturated rings. The van der Waals surface area contributed by atoms with Crippen LogP contribution in [0.2, 0.25) is 0 Å². The number of hydrogen-bond acceptors (Lipinski definition) is 3. The minimum atomic E-state index is -0.391. The Labute approximate surface area is 109 Å². The van der Waals surface area contributed by atoms with Crippen molar-refractivity contribution in [3.05, 3.63) is 22.4 Å². The van der Waals surface area contributed by atoms with Crippen molar-refractivity contribution in [2.75, 3.05) is 25.6 Å². The number of ether oxygens (including phenoxy) is 2. The molecule has 0 heterocycles. The van der Waals surface area contributed by atoms with Crippen molar-refractivity contribution in [3.63, 3.8) is 0 Å². The van der Waals surface area contributed by atoms with Gasteiger partial charge in [-0.2, -0.15) is 0 Å². The first-order valence-electron chi connectivity index (χ1n) is 5.45. The lowest BCUT2D eigenvalue weighted by Crippen LogP contribution is -2.11. The van der Waals surface area contributed by atoms with Crippen molar-refractivity contribution in [1.29, 1.82) is 0 Å². The smallest absolute Gasteiger partial charge is 0.145 e. The lowest BCUT2D eigenvalue weighted by molar-refractivity contribution is 0.0820. The van der Waals surface area contributed by atoms with Gasteiger partial charge in [-0.1, -0.05) is 13.8 Å². The van der Waals surface area contributed by atoms with Crippen LogP contribution in [0.1, 0.15) is 13.8 Å². The number of benzene rings is 1. The summed E-state index contributed by atoms with van der Waals surface area (Å²) in [6, 6.07) is 2.75. The Balaban J connectivity index is 2.39. The third kappa shape index (κ3) is 4.91. The Morgan fingerprint density at radius 1 is 1.35 bits per heavy atom. The minimum Gasteiger partial charge on any atom is -0.489 e. The molecule has 5 heteroatoms. The predicted molar refractivity (Wildman–Crippen MR) is 69.7 cm³/mol. The van der Waals surface area contributed by atoms with Gasteiger partial charge in [0.1, 0.15) is 18.2 Å². The van der Waals surface area contributed by atoms with Gasteiger partial charge in [0, 0.05) is 12.7 Å². The molecule has 0 aliphatic carbocycles. The molecule has 2 N–H and O–H groups in total. The normalized spacial score (nSPS) is 10.9. The molecule has 0 saturated heterocycles. The van der Waals surface area contributed by atoms with Gasteiger partial charge in [0.05, 0.1) is 16.8 Å². The van der Waals surface area contributed by atoms with Gasteiger partial charge in [-0.25, -0.2) is 4.39 Å². The van der Waals surface area contributed by atoms with Crippen LogP contribution in [0.15, 0.2) is 16.6 Å². The summed E-state index contributed by atoms with van der Waals surface area (Å²) < 4.78 is 24.2. The van der Waals surface area contributed by atoms with E-state index in [1.54, 1.807) is 0 Å². The topological polar surface area (TPSA) is 44.5 Å². The summed E-state index contributed by atoms with van der Waals surface area (Å²) in [6.07, 6.45) is 0. The fourth-order valence-electron chi connectivity index (χ4n) is 1.20. The van der Waals surface area contributed by atoms with E-state index in [1.165, 1.54) is 12.1 Å². The first-order valence-corrected chi connectivity index (χ1v) is 6.25. The molecular weight excluding hydrogens is 289 g/mol. The standard InChI is InChI=1S/C12H17BrFNO2/c1-8(2)7-16-3-4-17-12-6-10(14)9(13)5-11(12)15/h5-6,8H,3-4,7,15H2,1-2H3. The van der Waals surface area contributed by atoms with E-state index in [0.29, 0.717) is 41.6 Å². The number of hydrogen-bond donors (Lipinski definition) is 1. The highest BCUT2D eigenvalue weighted by molar-refractivity contribution is 9.10. The maximum Gasteiger partial charge on any atom is 0.145 e. The molecule has 0 unspecified atom stereocenters. The summed E-state index contributed by atoms with van der Waals surface area (Å²) in [7, 11) is 0. The first-order chi connectivity index (χ1) is 8.00. The van der Waals surface area contributed by atoms with Crippen LogP contribution < -0.4 is 10.5 Å². The second kappa shape index (κ2) is 6.81. The minimum absolute atomic E-state index is 0.332. The Morgan fingerprint density at radius 2 is 2.06 bits per heavy atom. The Kier molecular flexibility index (Phi) is 5.71. The average molecular weight is 306 g/mol. The molecule has 0 bridgehead atoms. The number of nitrogens with two attached hydrogens (primary N) is 1. The lowest BCUT2D eigenvalue weighted by Gasteiger charge is -2.11. The summed E-state index contributed by atoms with van der Waals surface area (Å²) in [5.41, 5.74) is 6.10. The zero-order chi connectivity index (χ0) is 12.8. The van der Waals surface area contributed by atoms with E-state index >= 15 is 0 Å². The average Bonchev–Trinajstić information content (AvgIpc) is 2.24. The van der Waals surface area contributed by atoms with Gasteiger partial charge >= 0.3 is 0 Å². The molecule has 0 radical (unpaired) electrons. The van der Waals surface area contributed by atoms with E-state index in [9.17, 15) is 4.39 Å². The monoisotopic (exact) mass is 305 g/mol. The van der Waals surface area contributed by atoms with E-state index in [-0.39, 0.29) is 0 Å². The maximum absolute atomic E-state index is 13.2. The fourth-order valence-corrected chi connectivity index (χ4v) is 1.56. The lowest BCUT2D eigenvalue weighted by atomic mass is 10.2. The van der Waals surface area contributed by atoms with Crippen molar-refractivity contribution < 1.29 is 13.9 Å². The van der Waals surface area contributed by atoms with Gasteiger partial charge in [0.2, 0.25) is 0 Å². The summed E-state index contributed by atoms with van der Waals surface area (Å²) >= 11 is 3.05. The zero-order valence-electron chi connectivity index (χ0n) is 10.0. The first kappa shape index (κ1) is 14.3. The van der Waals surface area contributed by atoms with E-state index in [0.717, 1.165) is 0 Å². The highest BCUT2D eigenvalue weighted by atomic mass is 79.9. The third-order valence-electron chi connectivity index (χ3n) is 1.99. The Hall–Kier alpha value is -0.810. The van der Waals surface area contributed by atoms with E-state index < -0.39 is 5.82 Å². The van der Waals surface area contributed by atoms with Crippen molar-refractivity contribution in [2.45, 2.75) is 13.8 Å². The van der Waals surface area contributed by atoms with Gasteiger partial charge in [-0.3, -0.25) is 0 Å². The molecule has 17 heavy (non-hydrogen) atoms. The molecule has 0 saturated carbocycles. The molecule has 1 aromatic carbocycles. The van der Waals surface area contributed by atoms with E-state index in [4.69, 9.17) is 15.2 Å². The largest absolute Gasteiger partial charge is 0.489 e. The van der Waals surface area contributed by atoms with Crippen molar-refractivity contribution >= 4 is 21.6 Å². The second-order valence-corrected chi connectivity index (χ2v) is 4.98. The highest BCUT2D eigenvalue weighted by Crippen LogP contribution is 2.28. The van der Waals surface area contributed by atoms with Crippen LogP contribution >= 0.6 is 15.9 Å². The van der Waals surface area contributed by atoms with Gasteiger partial charge < -0.3 is 15.2 Å². The highest BCUT2D eigenvalue weighted by Gasteiger charge is 2.06. The van der Waals surface area contributed by atoms with Crippen LogP contribution in [0.25, 0.3) is 0 Å². The van der Waals surface area contributed by atoms with E-state index in [2.05, 4.69) is 29.8 Å². The molecule has 0 aliphatic heterocycles. The zero-order valence-corrected chi connectivity index (χ0v) is 11.6. The fraction of sp³-hybridized carbons (Fsp3) is 0.500. The predicted octanol–water partition coefficient (Wildman–Crippen LogP) is 3.22.